The second-order valence-corrected chi connectivity index (χ2v) is 7.82. The normalized spacial score (nSPS) is 10.3. The Bertz CT molecular complexity index is 881. The van der Waals surface area contributed by atoms with Crippen molar-refractivity contribution in [2.45, 2.75) is 27.2 Å². The van der Waals surface area contributed by atoms with E-state index in [-0.39, 0.29) is 13.2 Å². The van der Waals surface area contributed by atoms with Crippen LogP contribution < -0.4 is 10.6 Å². The molecule has 0 bridgehead atoms. The maximum absolute atomic E-state index is 12.4. The van der Waals surface area contributed by atoms with Crippen LogP contribution in [-0.2, 0) is 15.9 Å². The van der Waals surface area contributed by atoms with Crippen LogP contribution in [0.15, 0.2) is 24.3 Å². The number of carbonyl (C=O) groups is 2. The van der Waals surface area contributed by atoms with Gasteiger partial charge in [-0.1, -0.05) is 23.7 Å². The highest BCUT2D eigenvalue weighted by Gasteiger charge is 2.26. The second kappa shape index (κ2) is 11.1. The third-order valence-electron chi connectivity index (χ3n) is 3.93. The first kappa shape index (κ1) is 23.1. The van der Waals surface area contributed by atoms with Gasteiger partial charge in [-0.15, -0.1) is 11.3 Å². The third kappa shape index (κ3) is 6.42. The van der Waals surface area contributed by atoms with Gasteiger partial charge in [-0.3, -0.25) is 0 Å². The number of nitrogens with one attached hydrogen (secondary N) is 2. The summed E-state index contributed by atoms with van der Waals surface area (Å²) in [5.74, 6) is -0.988. The van der Waals surface area contributed by atoms with E-state index < -0.39 is 11.9 Å². The van der Waals surface area contributed by atoms with E-state index in [1.807, 2.05) is 24.3 Å². The lowest BCUT2D eigenvalue weighted by Gasteiger charge is -2.11. The van der Waals surface area contributed by atoms with Crippen LogP contribution in [0.2, 0.25) is 5.02 Å². The van der Waals surface area contributed by atoms with Gasteiger partial charge in [0.15, 0.2) is 5.11 Å². The van der Waals surface area contributed by atoms with Crippen molar-refractivity contribution in [3.63, 3.8) is 0 Å². The summed E-state index contributed by atoms with van der Waals surface area (Å²) in [4.78, 5) is 25.0. The Morgan fingerprint density at radius 2 is 1.72 bits per heavy atom. The van der Waals surface area contributed by atoms with Crippen LogP contribution in [0, 0.1) is 6.92 Å². The largest absolute Gasteiger partial charge is 0.462 e. The summed E-state index contributed by atoms with van der Waals surface area (Å²) >= 11 is 12.4. The highest BCUT2D eigenvalue weighted by Crippen LogP contribution is 2.34. The predicted molar refractivity (Wildman–Crippen MR) is 120 cm³/mol. The number of benzene rings is 1. The molecule has 2 N–H and O–H groups in total. The van der Waals surface area contributed by atoms with Crippen molar-refractivity contribution in [3.8, 4) is 0 Å². The van der Waals surface area contributed by atoms with Crippen LogP contribution in [-0.4, -0.2) is 36.8 Å². The van der Waals surface area contributed by atoms with Crippen LogP contribution in [0.25, 0.3) is 0 Å². The van der Waals surface area contributed by atoms with Gasteiger partial charge in [0.1, 0.15) is 9.88 Å². The lowest BCUT2D eigenvalue weighted by Crippen LogP contribution is -2.30. The summed E-state index contributed by atoms with van der Waals surface area (Å²) in [5.41, 5.74) is 1.92. The molecule has 0 amide bonds. The standard InChI is InChI=1S/C20H23ClN2O4S2/c1-4-26-18(24)15-12(3)16(19(25)27-5-2)29-17(15)23-20(28)22-11-10-13-6-8-14(21)9-7-13/h6-9H,4-5,10-11H2,1-3H3,(H2,22,23,28). The fourth-order valence-corrected chi connectivity index (χ4v) is 4.05. The van der Waals surface area contributed by atoms with Crippen molar-refractivity contribution in [2.75, 3.05) is 25.1 Å². The number of anilines is 1. The molecular weight excluding hydrogens is 432 g/mol. The molecule has 0 saturated heterocycles. The molecule has 0 aliphatic heterocycles. The number of halogens is 1. The molecule has 1 aromatic carbocycles. The average molecular weight is 455 g/mol. The topological polar surface area (TPSA) is 76.7 Å². The molecule has 156 valence electrons. The molecule has 0 aliphatic rings. The smallest absolute Gasteiger partial charge is 0.348 e. The zero-order valence-electron chi connectivity index (χ0n) is 16.5. The van der Waals surface area contributed by atoms with Crippen molar-refractivity contribution >= 4 is 57.2 Å². The first-order valence-corrected chi connectivity index (χ1v) is 10.7. The monoisotopic (exact) mass is 454 g/mol. The number of ether oxygens (including phenoxy) is 2. The molecular formula is C20H23ClN2O4S2. The summed E-state index contributed by atoms with van der Waals surface area (Å²) in [7, 11) is 0. The Balaban J connectivity index is 2.09. The first-order valence-electron chi connectivity index (χ1n) is 9.14. The van der Waals surface area contributed by atoms with Crippen LogP contribution in [0.4, 0.5) is 5.00 Å². The zero-order valence-corrected chi connectivity index (χ0v) is 18.9. The molecule has 0 fully saturated rings. The molecule has 0 spiro atoms. The highest BCUT2D eigenvalue weighted by molar-refractivity contribution is 7.80. The Morgan fingerprint density at radius 1 is 1.10 bits per heavy atom. The molecule has 0 radical (unpaired) electrons. The van der Waals surface area contributed by atoms with E-state index in [0.29, 0.717) is 37.7 Å². The van der Waals surface area contributed by atoms with E-state index in [2.05, 4.69) is 10.6 Å². The van der Waals surface area contributed by atoms with Crippen molar-refractivity contribution < 1.29 is 19.1 Å². The fourth-order valence-electron chi connectivity index (χ4n) is 2.56. The van der Waals surface area contributed by atoms with Crippen molar-refractivity contribution in [1.82, 2.24) is 5.32 Å². The van der Waals surface area contributed by atoms with Crippen LogP contribution in [0.5, 0.6) is 0 Å². The minimum absolute atomic E-state index is 0.228. The molecule has 0 atom stereocenters. The molecule has 0 unspecified atom stereocenters. The molecule has 0 aliphatic carbocycles. The Morgan fingerprint density at radius 3 is 2.34 bits per heavy atom. The quantitative estimate of drug-likeness (QED) is 0.446. The van der Waals surface area contributed by atoms with E-state index in [1.54, 1.807) is 20.8 Å². The van der Waals surface area contributed by atoms with Gasteiger partial charge < -0.3 is 20.1 Å². The highest BCUT2D eigenvalue weighted by atomic mass is 35.5. The number of hydrogen-bond donors (Lipinski definition) is 2. The summed E-state index contributed by atoms with van der Waals surface area (Å²) in [6, 6.07) is 7.58. The van der Waals surface area contributed by atoms with Crippen LogP contribution in [0.1, 0.15) is 45.0 Å². The summed E-state index contributed by atoms with van der Waals surface area (Å²) in [5, 5.41) is 7.60. The van der Waals surface area contributed by atoms with Crippen molar-refractivity contribution in [1.29, 1.82) is 0 Å². The van der Waals surface area contributed by atoms with Gasteiger partial charge in [0.25, 0.3) is 0 Å². The number of rotatable bonds is 8. The Labute approximate surface area is 184 Å². The Kier molecular flexibility index (Phi) is 8.88. The SMILES string of the molecule is CCOC(=O)c1sc(NC(=S)NCCc2ccc(Cl)cc2)c(C(=O)OCC)c1C. The summed E-state index contributed by atoms with van der Waals surface area (Å²) in [6.07, 6.45) is 0.751. The molecule has 9 heteroatoms. The van der Waals surface area contributed by atoms with Gasteiger partial charge in [0.05, 0.1) is 18.8 Å². The minimum atomic E-state index is -0.511. The maximum Gasteiger partial charge on any atom is 0.348 e. The second-order valence-electron chi connectivity index (χ2n) is 5.96. The molecule has 0 saturated carbocycles. The van der Waals surface area contributed by atoms with Gasteiger partial charge in [-0.2, -0.15) is 0 Å². The van der Waals surface area contributed by atoms with E-state index in [9.17, 15) is 9.59 Å². The van der Waals surface area contributed by atoms with Gasteiger partial charge in [-0.25, -0.2) is 9.59 Å². The van der Waals surface area contributed by atoms with E-state index in [0.717, 1.165) is 23.3 Å². The number of esters is 2. The van der Waals surface area contributed by atoms with Gasteiger partial charge in [0, 0.05) is 11.6 Å². The summed E-state index contributed by atoms with van der Waals surface area (Å²) in [6.45, 7) is 6.22. The number of thiophene rings is 1. The van der Waals surface area contributed by atoms with E-state index >= 15 is 0 Å². The Hall–Kier alpha value is -2.16. The molecule has 2 aromatic rings. The van der Waals surface area contributed by atoms with E-state index in [1.165, 1.54) is 0 Å². The van der Waals surface area contributed by atoms with Crippen LogP contribution in [0.3, 0.4) is 0 Å². The molecule has 2 rings (SSSR count). The predicted octanol–water partition coefficient (Wildman–Crippen LogP) is 4.59. The molecule has 1 heterocycles. The molecule has 1 aromatic heterocycles. The number of thiocarbonyl (C=S) groups is 1. The van der Waals surface area contributed by atoms with Crippen LogP contribution >= 0.6 is 35.2 Å². The van der Waals surface area contributed by atoms with Crippen molar-refractivity contribution in [3.05, 3.63) is 50.9 Å². The minimum Gasteiger partial charge on any atom is -0.462 e. The lowest BCUT2D eigenvalue weighted by atomic mass is 10.1. The average Bonchev–Trinajstić information content (AvgIpc) is 2.99. The first-order chi connectivity index (χ1) is 13.9. The lowest BCUT2D eigenvalue weighted by molar-refractivity contribution is 0.0527. The van der Waals surface area contributed by atoms with Gasteiger partial charge in [0.2, 0.25) is 0 Å². The maximum atomic E-state index is 12.4. The molecule has 6 nitrogen and oxygen atoms in total. The van der Waals surface area contributed by atoms with Gasteiger partial charge in [-0.05, 0) is 62.7 Å². The summed E-state index contributed by atoms with van der Waals surface area (Å²) < 4.78 is 10.2. The molecule has 29 heavy (non-hydrogen) atoms. The number of hydrogen-bond acceptors (Lipinski definition) is 6. The zero-order chi connectivity index (χ0) is 21.4. The van der Waals surface area contributed by atoms with E-state index in [4.69, 9.17) is 33.3 Å². The fraction of sp³-hybridized carbons (Fsp3) is 0.350. The van der Waals surface area contributed by atoms with Gasteiger partial charge >= 0.3 is 11.9 Å². The van der Waals surface area contributed by atoms with Crippen molar-refractivity contribution in [2.24, 2.45) is 0 Å². The third-order valence-corrected chi connectivity index (χ3v) is 5.61. The number of carbonyl (C=O) groups excluding carboxylic acids is 2.